The van der Waals surface area contributed by atoms with Crippen molar-refractivity contribution in [2.75, 3.05) is 0 Å². The highest BCUT2D eigenvalue weighted by molar-refractivity contribution is 5.16. The van der Waals surface area contributed by atoms with Gasteiger partial charge < -0.3 is 0 Å². The Morgan fingerprint density at radius 2 is 1.59 bits per heavy atom. The van der Waals surface area contributed by atoms with E-state index < -0.39 is 0 Å². The molecule has 0 saturated heterocycles. The highest BCUT2D eigenvalue weighted by Gasteiger charge is 2.01. The standard InChI is InChI=1S/C15H18N2/c1-12(2)14-10-16-15(17-11-14)9-8-13-6-4-3-5-7-13/h3-7,10-12H,8-9H2,1-2H3. The van der Waals surface area contributed by atoms with E-state index in [0.717, 1.165) is 18.7 Å². The molecule has 0 unspecified atom stereocenters. The van der Waals surface area contributed by atoms with Gasteiger partial charge in [0.25, 0.3) is 0 Å². The van der Waals surface area contributed by atoms with Crippen LogP contribution in [-0.2, 0) is 12.8 Å². The van der Waals surface area contributed by atoms with Crippen LogP contribution in [0.25, 0.3) is 0 Å². The van der Waals surface area contributed by atoms with Crippen molar-refractivity contribution in [3.8, 4) is 0 Å². The molecule has 0 fully saturated rings. The molecule has 1 aromatic heterocycles. The van der Waals surface area contributed by atoms with Crippen LogP contribution in [-0.4, -0.2) is 9.97 Å². The molecule has 0 aliphatic heterocycles. The Kier molecular flexibility index (Phi) is 3.86. The summed E-state index contributed by atoms with van der Waals surface area (Å²) in [4.78, 5) is 8.81. The third kappa shape index (κ3) is 3.38. The first kappa shape index (κ1) is 11.8. The minimum absolute atomic E-state index is 0.498. The number of aromatic nitrogens is 2. The Labute approximate surface area is 103 Å². The fraction of sp³-hybridized carbons (Fsp3) is 0.333. The molecule has 1 heterocycles. The topological polar surface area (TPSA) is 25.8 Å². The molecule has 0 aliphatic rings. The summed E-state index contributed by atoms with van der Waals surface area (Å²) in [7, 11) is 0. The number of nitrogens with zero attached hydrogens (tertiary/aromatic N) is 2. The zero-order valence-corrected chi connectivity index (χ0v) is 10.4. The fourth-order valence-corrected chi connectivity index (χ4v) is 1.69. The average Bonchev–Trinajstić information content (AvgIpc) is 2.38. The first-order chi connectivity index (χ1) is 8.25. The molecule has 2 rings (SSSR count). The monoisotopic (exact) mass is 226 g/mol. The zero-order valence-electron chi connectivity index (χ0n) is 10.4. The minimum Gasteiger partial charge on any atom is -0.241 e. The van der Waals surface area contributed by atoms with Gasteiger partial charge in [-0.15, -0.1) is 0 Å². The first-order valence-corrected chi connectivity index (χ1v) is 6.10. The maximum Gasteiger partial charge on any atom is 0.128 e. The molecule has 1 aromatic carbocycles. The second kappa shape index (κ2) is 5.58. The molecule has 2 nitrogen and oxygen atoms in total. The maximum atomic E-state index is 4.40. The van der Waals surface area contributed by atoms with Crippen LogP contribution in [0, 0.1) is 0 Å². The van der Waals surface area contributed by atoms with Crippen molar-refractivity contribution in [1.82, 2.24) is 9.97 Å². The second-order valence-corrected chi connectivity index (χ2v) is 4.57. The normalized spacial score (nSPS) is 10.8. The molecular weight excluding hydrogens is 208 g/mol. The fourth-order valence-electron chi connectivity index (χ4n) is 1.69. The van der Waals surface area contributed by atoms with Crippen molar-refractivity contribution in [3.63, 3.8) is 0 Å². The summed E-state index contributed by atoms with van der Waals surface area (Å²) < 4.78 is 0. The van der Waals surface area contributed by atoms with E-state index in [-0.39, 0.29) is 0 Å². The van der Waals surface area contributed by atoms with E-state index >= 15 is 0 Å². The van der Waals surface area contributed by atoms with Crippen LogP contribution in [0.15, 0.2) is 42.7 Å². The number of hydrogen-bond donors (Lipinski definition) is 0. The molecule has 88 valence electrons. The van der Waals surface area contributed by atoms with Crippen LogP contribution in [0.5, 0.6) is 0 Å². The Hall–Kier alpha value is -1.70. The predicted molar refractivity (Wildman–Crippen MR) is 70.0 cm³/mol. The van der Waals surface area contributed by atoms with Crippen LogP contribution in [0.4, 0.5) is 0 Å². The summed E-state index contributed by atoms with van der Waals surface area (Å²) in [6.07, 6.45) is 5.79. The van der Waals surface area contributed by atoms with Crippen molar-refractivity contribution in [2.45, 2.75) is 32.6 Å². The number of hydrogen-bond acceptors (Lipinski definition) is 2. The minimum atomic E-state index is 0.498. The highest BCUT2D eigenvalue weighted by atomic mass is 14.9. The quantitative estimate of drug-likeness (QED) is 0.798. The second-order valence-electron chi connectivity index (χ2n) is 4.57. The van der Waals surface area contributed by atoms with Gasteiger partial charge in [-0.25, -0.2) is 9.97 Å². The Morgan fingerprint density at radius 3 is 2.18 bits per heavy atom. The van der Waals surface area contributed by atoms with Crippen LogP contribution < -0.4 is 0 Å². The smallest absolute Gasteiger partial charge is 0.128 e. The molecule has 0 aliphatic carbocycles. The lowest BCUT2D eigenvalue weighted by Gasteiger charge is -2.05. The lowest BCUT2D eigenvalue weighted by molar-refractivity contribution is 0.806. The number of rotatable bonds is 4. The van der Waals surface area contributed by atoms with Gasteiger partial charge in [-0.3, -0.25) is 0 Å². The van der Waals surface area contributed by atoms with Gasteiger partial charge in [-0.2, -0.15) is 0 Å². The van der Waals surface area contributed by atoms with E-state index in [4.69, 9.17) is 0 Å². The molecule has 0 N–H and O–H groups in total. The molecule has 0 amide bonds. The van der Waals surface area contributed by atoms with Crippen LogP contribution in [0.2, 0.25) is 0 Å². The molecule has 0 bridgehead atoms. The molecular formula is C15H18N2. The number of aryl methyl sites for hydroxylation is 2. The van der Waals surface area contributed by atoms with Gasteiger partial charge >= 0.3 is 0 Å². The molecule has 0 saturated carbocycles. The molecule has 0 spiro atoms. The van der Waals surface area contributed by atoms with Crippen molar-refractivity contribution in [2.24, 2.45) is 0 Å². The van der Waals surface area contributed by atoms with Crippen LogP contribution >= 0.6 is 0 Å². The van der Waals surface area contributed by atoms with E-state index in [1.807, 2.05) is 18.5 Å². The van der Waals surface area contributed by atoms with E-state index in [9.17, 15) is 0 Å². The Morgan fingerprint density at radius 1 is 0.941 bits per heavy atom. The summed E-state index contributed by atoms with van der Waals surface area (Å²) >= 11 is 0. The zero-order chi connectivity index (χ0) is 12.1. The van der Waals surface area contributed by atoms with Crippen LogP contribution in [0.1, 0.15) is 36.7 Å². The summed E-state index contributed by atoms with van der Waals surface area (Å²) in [5.41, 5.74) is 2.54. The van der Waals surface area contributed by atoms with Gasteiger partial charge in [-0.1, -0.05) is 44.2 Å². The molecule has 2 heteroatoms. The van der Waals surface area contributed by atoms with E-state index in [2.05, 4.69) is 48.1 Å². The largest absolute Gasteiger partial charge is 0.241 e. The predicted octanol–water partition coefficient (Wildman–Crippen LogP) is 3.39. The lowest BCUT2D eigenvalue weighted by atomic mass is 10.1. The van der Waals surface area contributed by atoms with Gasteiger partial charge in [0, 0.05) is 18.8 Å². The third-order valence-electron chi connectivity index (χ3n) is 2.87. The van der Waals surface area contributed by atoms with Gasteiger partial charge in [0.1, 0.15) is 5.82 Å². The first-order valence-electron chi connectivity index (χ1n) is 6.10. The highest BCUT2D eigenvalue weighted by Crippen LogP contribution is 2.11. The van der Waals surface area contributed by atoms with Crippen molar-refractivity contribution < 1.29 is 0 Å². The third-order valence-corrected chi connectivity index (χ3v) is 2.87. The van der Waals surface area contributed by atoms with Crippen molar-refractivity contribution in [1.29, 1.82) is 0 Å². The molecule has 2 aromatic rings. The number of benzene rings is 1. The van der Waals surface area contributed by atoms with Gasteiger partial charge in [-0.05, 0) is 23.5 Å². The van der Waals surface area contributed by atoms with E-state index in [1.165, 1.54) is 11.1 Å². The average molecular weight is 226 g/mol. The van der Waals surface area contributed by atoms with Gasteiger partial charge in [0.05, 0.1) is 0 Å². The van der Waals surface area contributed by atoms with Crippen molar-refractivity contribution >= 4 is 0 Å². The molecule has 0 radical (unpaired) electrons. The lowest BCUT2D eigenvalue weighted by Crippen LogP contribution is -2.00. The van der Waals surface area contributed by atoms with Crippen molar-refractivity contribution in [3.05, 3.63) is 59.7 Å². The summed E-state index contributed by atoms with van der Waals surface area (Å²) in [6, 6.07) is 10.5. The Balaban J connectivity index is 1.96. The van der Waals surface area contributed by atoms with E-state index in [1.54, 1.807) is 0 Å². The van der Waals surface area contributed by atoms with Gasteiger partial charge in [0.2, 0.25) is 0 Å². The summed E-state index contributed by atoms with van der Waals surface area (Å²) in [5, 5.41) is 0. The van der Waals surface area contributed by atoms with E-state index in [0.29, 0.717) is 5.92 Å². The van der Waals surface area contributed by atoms with Gasteiger partial charge in [0.15, 0.2) is 0 Å². The summed E-state index contributed by atoms with van der Waals surface area (Å²) in [6.45, 7) is 4.31. The Bertz CT molecular complexity index is 446. The molecule has 0 atom stereocenters. The molecule has 17 heavy (non-hydrogen) atoms. The maximum absolute atomic E-state index is 4.40. The van der Waals surface area contributed by atoms with Crippen LogP contribution in [0.3, 0.4) is 0 Å². The SMILES string of the molecule is CC(C)c1cnc(CCc2ccccc2)nc1. The summed E-state index contributed by atoms with van der Waals surface area (Å²) in [5.74, 6) is 1.43.